The molecule has 0 spiro atoms. The van der Waals surface area contributed by atoms with Gasteiger partial charge in [0.25, 0.3) is 5.91 Å². The molecule has 0 aliphatic rings. The number of carbonyl (C=O) groups excluding carboxylic acids is 2. The van der Waals surface area contributed by atoms with Crippen LogP contribution in [0.25, 0.3) is 0 Å². The van der Waals surface area contributed by atoms with Gasteiger partial charge in [0.15, 0.2) is 5.82 Å². The average Bonchev–Trinajstić information content (AvgIpc) is 2.82. The number of halogens is 1. The van der Waals surface area contributed by atoms with Crippen molar-refractivity contribution in [3.8, 4) is 0 Å². The zero-order valence-electron chi connectivity index (χ0n) is 10.6. The number of nitrogens with zero attached hydrogens (tertiary/aromatic N) is 1. The van der Waals surface area contributed by atoms with Gasteiger partial charge < -0.3 is 15.2 Å². The van der Waals surface area contributed by atoms with Crippen LogP contribution >= 0.6 is 0 Å². The van der Waals surface area contributed by atoms with Gasteiger partial charge in [0.2, 0.25) is 5.91 Å². The second-order valence-corrected chi connectivity index (χ2v) is 4.03. The second-order valence-electron chi connectivity index (χ2n) is 4.03. The number of amides is 2. The van der Waals surface area contributed by atoms with Gasteiger partial charge in [-0.1, -0.05) is 17.3 Å². The Balaban J connectivity index is 1.87. The Morgan fingerprint density at radius 3 is 2.75 bits per heavy atom. The maximum absolute atomic E-state index is 13.3. The number of aromatic nitrogens is 1. The number of benzene rings is 1. The summed E-state index contributed by atoms with van der Waals surface area (Å²) in [5.41, 5.74) is -0.113. The number of anilines is 1. The van der Waals surface area contributed by atoms with Crippen LogP contribution in [0.15, 0.2) is 34.9 Å². The van der Waals surface area contributed by atoms with Crippen molar-refractivity contribution in [2.24, 2.45) is 0 Å². The van der Waals surface area contributed by atoms with Gasteiger partial charge in [0.1, 0.15) is 11.6 Å². The smallest absolute Gasteiger partial charge is 0.254 e. The first-order chi connectivity index (χ1) is 9.56. The molecule has 7 heteroatoms. The first-order valence-corrected chi connectivity index (χ1v) is 5.82. The van der Waals surface area contributed by atoms with Crippen LogP contribution in [0.4, 0.5) is 10.2 Å². The molecule has 0 atom stereocenters. The van der Waals surface area contributed by atoms with Gasteiger partial charge in [-0.2, -0.15) is 0 Å². The van der Waals surface area contributed by atoms with Crippen LogP contribution in [0.3, 0.4) is 0 Å². The summed E-state index contributed by atoms with van der Waals surface area (Å²) in [6.45, 7) is 1.39. The minimum absolute atomic E-state index is 0.113. The summed E-state index contributed by atoms with van der Waals surface area (Å²) in [5.74, 6) is -0.974. The van der Waals surface area contributed by atoms with Crippen molar-refractivity contribution in [1.29, 1.82) is 0 Å². The summed E-state index contributed by atoms with van der Waals surface area (Å²) in [4.78, 5) is 23.2. The molecule has 20 heavy (non-hydrogen) atoms. The molecule has 0 radical (unpaired) electrons. The summed E-state index contributed by atoms with van der Waals surface area (Å²) in [5, 5.41) is 8.32. The van der Waals surface area contributed by atoms with Gasteiger partial charge in [-0.15, -0.1) is 0 Å². The highest BCUT2D eigenvalue weighted by Gasteiger charge is 2.12. The summed E-state index contributed by atoms with van der Waals surface area (Å²) in [6, 6.07) is 7.06. The number of carbonyl (C=O) groups is 2. The molecule has 1 aromatic carbocycles. The fraction of sp³-hybridized carbons (Fsp3) is 0.154. The zero-order valence-corrected chi connectivity index (χ0v) is 10.6. The van der Waals surface area contributed by atoms with E-state index in [-0.39, 0.29) is 17.9 Å². The van der Waals surface area contributed by atoms with Crippen molar-refractivity contribution in [2.75, 3.05) is 11.9 Å². The Morgan fingerprint density at radius 1 is 1.35 bits per heavy atom. The largest absolute Gasteiger partial charge is 0.360 e. The molecular weight excluding hydrogens is 265 g/mol. The van der Waals surface area contributed by atoms with Crippen LogP contribution in [0.2, 0.25) is 0 Å². The molecule has 2 aromatic rings. The van der Waals surface area contributed by atoms with E-state index >= 15 is 0 Å². The molecule has 2 rings (SSSR count). The Bertz CT molecular complexity index is 639. The highest BCUT2D eigenvalue weighted by molar-refractivity contribution is 5.99. The van der Waals surface area contributed by atoms with E-state index in [9.17, 15) is 14.0 Å². The van der Waals surface area contributed by atoms with Gasteiger partial charge in [-0.05, 0) is 19.1 Å². The zero-order chi connectivity index (χ0) is 14.5. The molecule has 0 saturated carbocycles. The Morgan fingerprint density at radius 2 is 2.10 bits per heavy atom. The fourth-order valence-electron chi connectivity index (χ4n) is 1.51. The lowest BCUT2D eigenvalue weighted by molar-refractivity contribution is -0.115. The highest BCUT2D eigenvalue weighted by Crippen LogP contribution is 2.07. The third-order valence-corrected chi connectivity index (χ3v) is 2.42. The van der Waals surface area contributed by atoms with Crippen LogP contribution < -0.4 is 10.6 Å². The molecule has 0 saturated heterocycles. The molecule has 6 nitrogen and oxygen atoms in total. The van der Waals surface area contributed by atoms with E-state index in [2.05, 4.69) is 15.8 Å². The monoisotopic (exact) mass is 277 g/mol. The van der Waals surface area contributed by atoms with Gasteiger partial charge in [-0.25, -0.2) is 4.39 Å². The summed E-state index contributed by atoms with van der Waals surface area (Å²) in [7, 11) is 0. The van der Waals surface area contributed by atoms with Crippen molar-refractivity contribution in [3.05, 3.63) is 47.5 Å². The van der Waals surface area contributed by atoms with Gasteiger partial charge in [0.05, 0.1) is 12.1 Å². The number of hydrogen-bond donors (Lipinski definition) is 2. The maximum Gasteiger partial charge on any atom is 0.254 e. The summed E-state index contributed by atoms with van der Waals surface area (Å²) in [6.07, 6.45) is 0. The lowest BCUT2D eigenvalue weighted by Gasteiger charge is -2.05. The maximum atomic E-state index is 13.3. The summed E-state index contributed by atoms with van der Waals surface area (Å²) < 4.78 is 18.1. The van der Waals surface area contributed by atoms with Crippen LogP contribution in [0.5, 0.6) is 0 Å². The van der Waals surface area contributed by atoms with Gasteiger partial charge >= 0.3 is 0 Å². The molecule has 0 unspecified atom stereocenters. The third kappa shape index (κ3) is 3.41. The van der Waals surface area contributed by atoms with Crippen LogP contribution in [0, 0.1) is 12.7 Å². The topological polar surface area (TPSA) is 84.2 Å². The van der Waals surface area contributed by atoms with Gasteiger partial charge in [0, 0.05) is 6.07 Å². The van der Waals surface area contributed by atoms with E-state index in [4.69, 9.17) is 4.52 Å². The Labute approximate surface area is 114 Å². The summed E-state index contributed by atoms with van der Waals surface area (Å²) >= 11 is 0. The van der Waals surface area contributed by atoms with Gasteiger partial charge in [-0.3, -0.25) is 9.59 Å². The van der Waals surface area contributed by atoms with Crippen molar-refractivity contribution >= 4 is 17.6 Å². The lowest BCUT2D eigenvalue weighted by atomic mass is 10.2. The fourth-order valence-corrected chi connectivity index (χ4v) is 1.51. The molecule has 2 N–H and O–H groups in total. The van der Waals surface area contributed by atoms with Crippen molar-refractivity contribution in [3.63, 3.8) is 0 Å². The highest BCUT2D eigenvalue weighted by atomic mass is 19.1. The molecular formula is C13H12FN3O3. The number of nitrogens with one attached hydrogen (secondary N) is 2. The van der Waals surface area contributed by atoms with E-state index in [0.29, 0.717) is 5.76 Å². The number of hydrogen-bond acceptors (Lipinski definition) is 4. The number of rotatable bonds is 4. The Hall–Kier alpha value is -2.70. The van der Waals surface area contributed by atoms with Crippen LogP contribution in [-0.4, -0.2) is 23.5 Å². The molecule has 1 aromatic heterocycles. The molecule has 104 valence electrons. The molecule has 2 amide bonds. The van der Waals surface area contributed by atoms with Crippen LogP contribution in [-0.2, 0) is 4.79 Å². The predicted octanol–water partition coefficient (Wildman–Crippen LogP) is 1.49. The van der Waals surface area contributed by atoms with Crippen molar-refractivity contribution < 1.29 is 18.5 Å². The van der Waals surface area contributed by atoms with E-state index in [1.54, 1.807) is 6.92 Å². The minimum Gasteiger partial charge on any atom is -0.360 e. The van der Waals surface area contributed by atoms with Crippen molar-refractivity contribution in [1.82, 2.24) is 10.5 Å². The van der Waals surface area contributed by atoms with E-state index in [0.717, 1.165) is 0 Å². The Kier molecular flexibility index (Phi) is 4.09. The lowest BCUT2D eigenvalue weighted by Crippen LogP contribution is -2.33. The third-order valence-electron chi connectivity index (χ3n) is 2.42. The molecule has 0 bridgehead atoms. The first-order valence-electron chi connectivity index (χ1n) is 5.82. The van der Waals surface area contributed by atoms with E-state index in [1.807, 2.05) is 0 Å². The average molecular weight is 277 g/mol. The molecule has 0 aliphatic carbocycles. The SMILES string of the molecule is Cc1cc(NC(=O)CNC(=O)c2ccccc2F)no1. The van der Waals surface area contributed by atoms with Crippen LogP contribution in [0.1, 0.15) is 16.1 Å². The minimum atomic E-state index is -0.658. The van der Waals surface area contributed by atoms with E-state index in [1.165, 1.54) is 30.3 Å². The quantitative estimate of drug-likeness (QED) is 0.886. The second kappa shape index (κ2) is 5.96. The van der Waals surface area contributed by atoms with E-state index < -0.39 is 17.6 Å². The standard InChI is InChI=1S/C13H12FN3O3/c1-8-6-11(17-20-8)16-12(18)7-15-13(19)9-4-2-3-5-10(9)14/h2-6H,7H2,1H3,(H,15,19)(H,16,17,18). The first kappa shape index (κ1) is 13.7. The van der Waals surface area contributed by atoms with Crippen molar-refractivity contribution in [2.45, 2.75) is 6.92 Å². The molecule has 0 fully saturated rings. The normalized spacial score (nSPS) is 10.1. The predicted molar refractivity (Wildman–Crippen MR) is 68.6 cm³/mol. The number of aryl methyl sites for hydroxylation is 1. The molecule has 1 heterocycles. The molecule has 0 aliphatic heterocycles.